The number of rotatable bonds is 6. The zero-order valence-corrected chi connectivity index (χ0v) is 15.7. The molecule has 0 fully saturated rings. The molecule has 138 valence electrons. The van der Waals surface area contributed by atoms with E-state index in [9.17, 15) is 9.59 Å². The molecular formula is C20H20N4O2S. The van der Waals surface area contributed by atoms with Crippen LogP contribution in [0.2, 0.25) is 0 Å². The van der Waals surface area contributed by atoms with Crippen LogP contribution in [0.3, 0.4) is 0 Å². The number of imidazole rings is 1. The molecule has 3 aromatic rings. The van der Waals surface area contributed by atoms with Crippen LogP contribution in [0.4, 0.5) is 0 Å². The predicted octanol–water partition coefficient (Wildman–Crippen LogP) is 2.86. The number of nitrogens with one attached hydrogen (secondary N) is 3. The second-order valence-corrected chi connectivity index (χ2v) is 6.90. The molecule has 0 atom stereocenters. The molecule has 0 aliphatic rings. The van der Waals surface area contributed by atoms with Gasteiger partial charge < -0.3 is 4.98 Å². The van der Waals surface area contributed by atoms with Gasteiger partial charge in [-0.2, -0.15) is 0 Å². The molecule has 0 aliphatic carbocycles. The summed E-state index contributed by atoms with van der Waals surface area (Å²) in [6.07, 6.45) is 0.739. The maximum Gasteiger partial charge on any atom is 0.269 e. The van der Waals surface area contributed by atoms with E-state index >= 15 is 0 Å². The molecule has 7 heteroatoms. The van der Waals surface area contributed by atoms with E-state index in [1.54, 1.807) is 24.3 Å². The molecule has 1 heterocycles. The van der Waals surface area contributed by atoms with Crippen LogP contribution in [0.15, 0.2) is 65.8 Å². The lowest BCUT2D eigenvalue weighted by Gasteiger charge is -2.06. The Morgan fingerprint density at radius 2 is 1.67 bits per heavy atom. The SMILES string of the molecule is Cc1[nH]c(SCC(=O)NNC(=O)c2ccccc2)nc1Cc1ccccc1. The largest absolute Gasteiger partial charge is 0.337 e. The molecule has 0 bridgehead atoms. The van der Waals surface area contributed by atoms with Gasteiger partial charge in [0.15, 0.2) is 5.16 Å². The number of hydrogen-bond donors (Lipinski definition) is 3. The van der Waals surface area contributed by atoms with Crippen molar-refractivity contribution < 1.29 is 9.59 Å². The average molecular weight is 380 g/mol. The fraction of sp³-hybridized carbons (Fsp3) is 0.150. The van der Waals surface area contributed by atoms with Gasteiger partial charge in [0.05, 0.1) is 11.4 Å². The van der Waals surface area contributed by atoms with E-state index in [1.165, 1.54) is 17.3 Å². The summed E-state index contributed by atoms with van der Waals surface area (Å²) in [4.78, 5) is 31.6. The Morgan fingerprint density at radius 3 is 2.37 bits per heavy atom. The Balaban J connectivity index is 1.48. The third-order valence-corrected chi connectivity index (χ3v) is 4.74. The smallest absolute Gasteiger partial charge is 0.269 e. The summed E-state index contributed by atoms with van der Waals surface area (Å²) < 4.78 is 0. The summed E-state index contributed by atoms with van der Waals surface area (Å²) in [5.41, 5.74) is 8.43. The number of carbonyl (C=O) groups excluding carboxylic acids is 2. The Hall–Kier alpha value is -3.06. The van der Waals surface area contributed by atoms with Crippen LogP contribution in [-0.4, -0.2) is 27.5 Å². The summed E-state index contributed by atoms with van der Waals surface area (Å²) in [6.45, 7) is 1.97. The minimum absolute atomic E-state index is 0.146. The molecule has 2 aromatic carbocycles. The molecule has 0 aliphatic heterocycles. The normalized spacial score (nSPS) is 10.4. The van der Waals surface area contributed by atoms with Crippen molar-refractivity contribution in [3.8, 4) is 0 Å². The van der Waals surface area contributed by atoms with E-state index in [2.05, 4.69) is 33.0 Å². The molecule has 3 rings (SSSR count). The lowest BCUT2D eigenvalue weighted by atomic mass is 10.1. The minimum atomic E-state index is -0.354. The quantitative estimate of drug-likeness (QED) is 0.453. The van der Waals surface area contributed by atoms with E-state index < -0.39 is 0 Å². The highest BCUT2D eigenvalue weighted by Gasteiger charge is 2.11. The zero-order chi connectivity index (χ0) is 19.1. The maximum atomic E-state index is 11.9. The van der Waals surface area contributed by atoms with Gasteiger partial charge in [-0.1, -0.05) is 60.3 Å². The van der Waals surface area contributed by atoms with Gasteiger partial charge in [-0.15, -0.1) is 0 Å². The molecular weight excluding hydrogens is 360 g/mol. The van der Waals surface area contributed by atoms with Gasteiger partial charge in [-0.05, 0) is 24.6 Å². The molecule has 2 amide bonds. The summed E-state index contributed by atoms with van der Waals surface area (Å²) in [6, 6.07) is 18.8. The molecule has 27 heavy (non-hydrogen) atoms. The molecule has 6 nitrogen and oxygen atoms in total. The Kier molecular flexibility index (Phi) is 6.27. The number of nitrogens with zero attached hydrogens (tertiary/aromatic N) is 1. The van der Waals surface area contributed by atoms with Crippen molar-refractivity contribution in [2.75, 3.05) is 5.75 Å². The second kappa shape index (κ2) is 9.05. The monoisotopic (exact) mass is 380 g/mol. The van der Waals surface area contributed by atoms with Gasteiger partial charge in [-0.3, -0.25) is 20.4 Å². The number of H-pyrrole nitrogens is 1. The minimum Gasteiger partial charge on any atom is -0.337 e. The topological polar surface area (TPSA) is 86.9 Å². The lowest BCUT2D eigenvalue weighted by Crippen LogP contribution is -2.42. The zero-order valence-electron chi connectivity index (χ0n) is 14.9. The lowest BCUT2D eigenvalue weighted by molar-refractivity contribution is -0.119. The Labute approximate surface area is 161 Å². The highest BCUT2D eigenvalue weighted by Crippen LogP contribution is 2.18. The van der Waals surface area contributed by atoms with Gasteiger partial charge in [0.25, 0.3) is 5.91 Å². The number of amides is 2. The Bertz CT molecular complexity index is 910. The number of hydrogen-bond acceptors (Lipinski definition) is 4. The van der Waals surface area contributed by atoms with Crippen molar-refractivity contribution in [1.82, 2.24) is 20.8 Å². The van der Waals surface area contributed by atoms with Gasteiger partial charge >= 0.3 is 0 Å². The standard InChI is InChI=1S/C20H20N4O2S/c1-14-17(12-15-8-4-2-5-9-15)22-20(21-14)27-13-18(25)23-24-19(26)16-10-6-3-7-11-16/h2-11H,12-13H2,1H3,(H,21,22)(H,23,25)(H,24,26). The van der Waals surface area contributed by atoms with Crippen LogP contribution in [0.25, 0.3) is 0 Å². The van der Waals surface area contributed by atoms with Gasteiger partial charge in [0.2, 0.25) is 5.91 Å². The first-order valence-corrected chi connectivity index (χ1v) is 9.47. The van der Waals surface area contributed by atoms with E-state index in [4.69, 9.17) is 0 Å². The maximum absolute atomic E-state index is 11.9. The van der Waals surface area contributed by atoms with Crippen LogP contribution in [-0.2, 0) is 11.2 Å². The molecule has 0 spiro atoms. The number of carbonyl (C=O) groups is 2. The Morgan fingerprint density at radius 1 is 1.00 bits per heavy atom. The first-order chi connectivity index (χ1) is 13.1. The molecule has 0 saturated carbocycles. The van der Waals surface area contributed by atoms with Gasteiger partial charge in [-0.25, -0.2) is 4.98 Å². The number of aryl methyl sites for hydroxylation is 1. The number of thioether (sulfide) groups is 1. The summed E-state index contributed by atoms with van der Waals surface area (Å²) in [5, 5.41) is 0.683. The van der Waals surface area contributed by atoms with E-state index in [1.807, 2.05) is 31.2 Å². The van der Waals surface area contributed by atoms with Crippen molar-refractivity contribution in [1.29, 1.82) is 0 Å². The first-order valence-electron chi connectivity index (χ1n) is 8.48. The van der Waals surface area contributed by atoms with E-state index in [0.717, 1.165) is 17.8 Å². The van der Waals surface area contributed by atoms with Crippen molar-refractivity contribution in [3.05, 3.63) is 83.2 Å². The third-order valence-electron chi connectivity index (χ3n) is 3.87. The van der Waals surface area contributed by atoms with E-state index in [0.29, 0.717) is 10.7 Å². The summed E-state index contributed by atoms with van der Waals surface area (Å²) in [7, 11) is 0. The highest BCUT2D eigenvalue weighted by molar-refractivity contribution is 7.99. The van der Waals surface area contributed by atoms with Crippen molar-refractivity contribution in [2.24, 2.45) is 0 Å². The summed E-state index contributed by atoms with van der Waals surface area (Å²) >= 11 is 1.29. The van der Waals surface area contributed by atoms with Crippen molar-refractivity contribution in [2.45, 2.75) is 18.5 Å². The third kappa shape index (κ3) is 5.46. The van der Waals surface area contributed by atoms with Crippen LogP contribution in [0.5, 0.6) is 0 Å². The van der Waals surface area contributed by atoms with Crippen LogP contribution in [0, 0.1) is 6.92 Å². The second-order valence-electron chi connectivity index (χ2n) is 5.93. The molecule has 0 saturated heterocycles. The fourth-order valence-electron chi connectivity index (χ4n) is 2.45. The number of benzene rings is 2. The van der Waals surface area contributed by atoms with Crippen molar-refractivity contribution in [3.63, 3.8) is 0 Å². The predicted molar refractivity (Wildman–Crippen MR) is 105 cm³/mol. The number of hydrazine groups is 1. The van der Waals surface area contributed by atoms with Crippen LogP contribution in [0.1, 0.15) is 27.3 Å². The van der Waals surface area contributed by atoms with Gasteiger partial charge in [0, 0.05) is 17.7 Å². The van der Waals surface area contributed by atoms with Crippen molar-refractivity contribution >= 4 is 23.6 Å². The molecule has 1 aromatic heterocycles. The molecule has 0 unspecified atom stereocenters. The van der Waals surface area contributed by atoms with Crippen LogP contribution >= 0.6 is 11.8 Å². The fourth-order valence-corrected chi connectivity index (χ4v) is 3.19. The number of aromatic nitrogens is 2. The first kappa shape index (κ1) is 18.7. The number of aromatic amines is 1. The average Bonchev–Trinajstić information content (AvgIpc) is 3.05. The molecule has 0 radical (unpaired) electrons. The van der Waals surface area contributed by atoms with Crippen LogP contribution < -0.4 is 10.9 Å². The van der Waals surface area contributed by atoms with Gasteiger partial charge in [0.1, 0.15) is 0 Å². The van der Waals surface area contributed by atoms with E-state index in [-0.39, 0.29) is 17.6 Å². The molecule has 3 N–H and O–H groups in total. The highest BCUT2D eigenvalue weighted by atomic mass is 32.2. The summed E-state index contributed by atoms with van der Waals surface area (Å²) in [5.74, 6) is -0.511.